The number of aromatic nitrogens is 2. The quantitative estimate of drug-likeness (QED) is 0.135. The molecule has 3 aromatic carbocycles. The molecule has 0 saturated carbocycles. The van der Waals surface area contributed by atoms with Gasteiger partial charge in [-0.3, -0.25) is 9.59 Å². The average molecular weight is 743 g/mol. The Bertz CT molecular complexity index is 2560. The second kappa shape index (κ2) is 12.8. The van der Waals surface area contributed by atoms with Crippen molar-refractivity contribution in [2.75, 3.05) is 13.3 Å². The maximum atomic E-state index is 13.9. The molecule has 5 heterocycles. The van der Waals surface area contributed by atoms with Crippen LogP contribution in [0.2, 0.25) is 0 Å². The molecule has 270 valence electrons. The fourth-order valence-electron chi connectivity index (χ4n) is 6.66. The third-order valence-corrected chi connectivity index (χ3v) is 10.6. The van der Waals surface area contributed by atoms with Gasteiger partial charge in [-0.2, -0.15) is 8.42 Å². The zero-order chi connectivity index (χ0) is 37.1. The number of fused-ring (bicyclic) bond motifs is 6. The first kappa shape index (κ1) is 34.0. The van der Waals surface area contributed by atoms with Crippen molar-refractivity contribution in [2.45, 2.75) is 43.4 Å². The summed E-state index contributed by atoms with van der Waals surface area (Å²) in [6.45, 7) is 0.896. The van der Waals surface area contributed by atoms with E-state index in [1.165, 1.54) is 28.8 Å². The molecule has 3 aliphatic heterocycles. The molecule has 13 nitrogen and oxygen atoms in total. The molecule has 2 aromatic heterocycles. The van der Waals surface area contributed by atoms with Gasteiger partial charge in [0.15, 0.2) is 11.5 Å². The minimum Gasteiger partial charge on any atom is -0.457 e. The van der Waals surface area contributed by atoms with Crippen molar-refractivity contribution in [1.29, 1.82) is 0 Å². The van der Waals surface area contributed by atoms with Crippen LogP contribution < -0.4 is 20.3 Å². The number of amidine groups is 1. The molecule has 0 bridgehead atoms. The highest BCUT2D eigenvalue weighted by atomic mass is 32.2. The lowest BCUT2D eigenvalue weighted by Crippen LogP contribution is -2.48. The molecule has 1 N–H and O–H groups in total. The number of benzene rings is 3. The summed E-state index contributed by atoms with van der Waals surface area (Å²) in [7, 11) is -4.39. The molecular formula is C37H28F2N4O9S. The average Bonchev–Trinajstić information content (AvgIpc) is 3.75. The van der Waals surface area contributed by atoms with E-state index in [1.807, 2.05) is 12.1 Å². The SMILES string of the molecule is CC[C@@]1(OC(=O)CN/C(Cc2ccc(F)cc2)=N/S(=O)(=O)c2ccc(F)cc2)C(=O)OCc2c1cc1n(c2=O)Cc2cc3cc4c(cc3nc2-1)OCO4. The molecule has 5 aromatic rings. The molecule has 1 atom stereocenters. The number of halogens is 2. The van der Waals surface area contributed by atoms with Crippen LogP contribution in [0.15, 0.2) is 86.9 Å². The Labute approximate surface area is 299 Å². The highest BCUT2D eigenvalue weighted by Crippen LogP contribution is 2.42. The second-order valence-electron chi connectivity index (χ2n) is 12.6. The lowest BCUT2D eigenvalue weighted by atomic mass is 9.85. The molecule has 0 unspecified atom stereocenters. The molecule has 0 radical (unpaired) electrons. The van der Waals surface area contributed by atoms with E-state index < -0.39 is 51.3 Å². The normalized spacial score (nSPS) is 17.2. The predicted octanol–water partition coefficient (Wildman–Crippen LogP) is 4.26. The summed E-state index contributed by atoms with van der Waals surface area (Å²) in [6, 6.07) is 16.3. The fourth-order valence-corrected chi connectivity index (χ4v) is 7.67. The van der Waals surface area contributed by atoms with Gasteiger partial charge < -0.3 is 28.8 Å². The van der Waals surface area contributed by atoms with Crippen LogP contribution in [0.25, 0.3) is 22.3 Å². The van der Waals surface area contributed by atoms with Gasteiger partial charge in [0, 0.05) is 29.0 Å². The van der Waals surface area contributed by atoms with Gasteiger partial charge in [0.2, 0.25) is 12.4 Å². The zero-order valence-corrected chi connectivity index (χ0v) is 28.7. The van der Waals surface area contributed by atoms with Gasteiger partial charge in [0.1, 0.15) is 30.6 Å². The van der Waals surface area contributed by atoms with Crippen LogP contribution in [0.3, 0.4) is 0 Å². The highest BCUT2D eigenvalue weighted by Gasteiger charge is 2.50. The Morgan fingerprint density at radius 2 is 1.68 bits per heavy atom. The number of hydrogen-bond donors (Lipinski definition) is 1. The minimum atomic E-state index is -4.39. The number of pyridine rings is 2. The van der Waals surface area contributed by atoms with Crippen LogP contribution in [-0.4, -0.2) is 49.1 Å². The Morgan fingerprint density at radius 1 is 0.981 bits per heavy atom. The Hall–Kier alpha value is -6.16. The number of hydrogen-bond acceptors (Lipinski definition) is 10. The second-order valence-corrected chi connectivity index (χ2v) is 14.2. The number of carbonyl (C=O) groups excluding carboxylic acids is 2. The molecule has 0 spiro atoms. The summed E-state index contributed by atoms with van der Waals surface area (Å²) in [4.78, 5) is 45.6. The summed E-state index contributed by atoms with van der Waals surface area (Å²) < 4.78 is 81.0. The number of carbonyl (C=O) groups is 2. The summed E-state index contributed by atoms with van der Waals surface area (Å²) >= 11 is 0. The number of rotatable bonds is 8. The Balaban J connectivity index is 1.11. The first-order chi connectivity index (χ1) is 25.4. The van der Waals surface area contributed by atoms with Crippen molar-refractivity contribution in [3.63, 3.8) is 0 Å². The maximum Gasteiger partial charge on any atom is 0.355 e. The van der Waals surface area contributed by atoms with Crippen LogP contribution in [0.5, 0.6) is 11.5 Å². The van der Waals surface area contributed by atoms with E-state index in [-0.39, 0.29) is 54.6 Å². The first-order valence-electron chi connectivity index (χ1n) is 16.4. The molecule has 0 aliphatic carbocycles. The van der Waals surface area contributed by atoms with Crippen LogP contribution in [0.4, 0.5) is 8.78 Å². The number of esters is 2. The molecular weight excluding hydrogens is 714 g/mol. The lowest BCUT2D eigenvalue weighted by molar-refractivity contribution is -0.188. The molecule has 3 aliphatic rings. The van der Waals surface area contributed by atoms with Crippen LogP contribution >= 0.6 is 0 Å². The van der Waals surface area contributed by atoms with E-state index in [0.29, 0.717) is 34.0 Å². The van der Waals surface area contributed by atoms with Crippen molar-refractivity contribution >= 4 is 38.7 Å². The zero-order valence-electron chi connectivity index (χ0n) is 27.9. The van der Waals surface area contributed by atoms with Gasteiger partial charge in [-0.05, 0) is 66.6 Å². The molecule has 8 rings (SSSR count). The van der Waals surface area contributed by atoms with E-state index in [1.54, 1.807) is 19.1 Å². The molecule has 16 heteroatoms. The number of ether oxygens (including phenoxy) is 4. The van der Waals surface area contributed by atoms with Gasteiger partial charge in [-0.15, -0.1) is 4.40 Å². The first-order valence-corrected chi connectivity index (χ1v) is 17.9. The van der Waals surface area contributed by atoms with Gasteiger partial charge >= 0.3 is 11.9 Å². The highest BCUT2D eigenvalue weighted by molar-refractivity contribution is 7.90. The summed E-state index contributed by atoms with van der Waals surface area (Å²) in [5, 5.41) is 3.46. The van der Waals surface area contributed by atoms with Crippen molar-refractivity contribution in [2.24, 2.45) is 4.40 Å². The van der Waals surface area contributed by atoms with E-state index in [9.17, 15) is 31.6 Å². The minimum absolute atomic E-state index is 0.0939. The summed E-state index contributed by atoms with van der Waals surface area (Å²) in [6.07, 6.45) is -0.284. The predicted molar refractivity (Wildman–Crippen MR) is 184 cm³/mol. The molecule has 0 fully saturated rings. The fraction of sp³-hybridized carbons (Fsp3) is 0.216. The smallest absolute Gasteiger partial charge is 0.355 e. The van der Waals surface area contributed by atoms with Crippen molar-refractivity contribution < 1.29 is 45.7 Å². The Kier molecular flexibility index (Phi) is 8.20. The monoisotopic (exact) mass is 742 g/mol. The van der Waals surface area contributed by atoms with E-state index in [2.05, 4.69) is 9.71 Å². The van der Waals surface area contributed by atoms with Gasteiger partial charge in [0.25, 0.3) is 15.6 Å². The van der Waals surface area contributed by atoms with Crippen molar-refractivity contribution in [3.8, 4) is 22.9 Å². The van der Waals surface area contributed by atoms with Crippen LogP contribution in [0.1, 0.15) is 35.6 Å². The third kappa shape index (κ3) is 6.03. The summed E-state index contributed by atoms with van der Waals surface area (Å²) in [5.74, 6) is -2.14. The Morgan fingerprint density at radius 3 is 2.40 bits per heavy atom. The van der Waals surface area contributed by atoms with Crippen molar-refractivity contribution in [1.82, 2.24) is 14.9 Å². The van der Waals surface area contributed by atoms with Gasteiger partial charge in [-0.25, -0.2) is 18.6 Å². The third-order valence-electron chi connectivity index (χ3n) is 9.32. The van der Waals surface area contributed by atoms with Gasteiger partial charge in [-0.1, -0.05) is 19.1 Å². The standard InChI is InChI=1S/C37H28F2N4O9S/c1-2-37(52-33(44)16-40-32(11-20-3-5-23(38)6-4-20)42-53(47,48)25-9-7-24(39)8-10-25)27-14-29-34-22(17-43(29)35(45)26(27)18-49-36(37)46)12-21-13-30-31(51-19-50-30)15-28(21)41-34/h3-10,12-15H,2,11,16-19H2,1H3,(H,40,42)/t37-/m0/s1. The van der Waals surface area contributed by atoms with E-state index in [0.717, 1.165) is 35.2 Å². The number of cyclic esters (lactones) is 1. The van der Waals surface area contributed by atoms with Crippen molar-refractivity contribution in [3.05, 3.63) is 117 Å². The molecule has 53 heavy (non-hydrogen) atoms. The maximum absolute atomic E-state index is 13.9. The topological polar surface area (TPSA) is 164 Å². The van der Waals surface area contributed by atoms with Crippen LogP contribution in [-0.2, 0) is 54.3 Å². The number of nitrogens with zero attached hydrogens (tertiary/aromatic N) is 3. The lowest BCUT2D eigenvalue weighted by Gasteiger charge is -2.35. The van der Waals surface area contributed by atoms with E-state index >= 15 is 0 Å². The van der Waals surface area contributed by atoms with Gasteiger partial charge in [0.05, 0.1) is 33.9 Å². The number of nitrogens with one attached hydrogen (secondary N) is 1. The van der Waals surface area contributed by atoms with E-state index in [4.69, 9.17) is 23.9 Å². The largest absolute Gasteiger partial charge is 0.457 e. The number of sulfonamides is 1. The van der Waals surface area contributed by atoms with Crippen LogP contribution in [0, 0.1) is 11.6 Å². The molecule has 0 saturated heterocycles. The molecule has 0 amide bonds. The summed E-state index contributed by atoms with van der Waals surface area (Å²) in [5.41, 5.74) is 0.575.